The molecule has 2 aromatic heterocycles. The molecule has 0 fully saturated rings. The maximum atomic E-state index is 5.40. The second-order valence-electron chi connectivity index (χ2n) is 6.07. The van der Waals surface area contributed by atoms with Gasteiger partial charge in [-0.2, -0.15) is 4.98 Å². The van der Waals surface area contributed by atoms with Gasteiger partial charge in [0, 0.05) is 24.9 Å². The van der Waals surface area contributed by atoms with Crippen molar-refractivity contribution in [2.24, 2.45) is 0 Å². The van der Waals surface area contributed by atoms with E-state index in [2.05, 4.69) is 53.6 Å². The van der Waals surface area contributed by atoms with E-state index >= 15 is 0 Å². The van der Waals surface area contributed by atoms with E-state index in [1.54, 1.807) is 6.20 Å². The fourth-order valence-corrected chi connectivity index (χ4v) is 2.68. The Morgan fingerprint density at radius 3 is 2.79 bits per heavy atom. The number of rotatable bonds is 8. The van der Waals surface area contributed by atoms with Crippen LogP contribution in [0.5, 0.6) is 0 Å². The van der Waals surface area contributed by atoms with Gasteiger partial charge in [0.1, 0.15) is 11.5 Å². The molecular weight excluding hydrogens is 420 g/mol. The molecule has 7 nitrogen and oxygen atoms in total. The maximum absolute atomic E-state index is 5.40. The molecule has 0 radical (unpaired) electrons. The van der Waals surface area contributed by atoms with E-state index in [9.17, 15) is 0 Å². The Balaban J connectivity index is 1.68. The summed E-state index contributed by atoms with van der Waals surface area (Å²) in [7, 11) is 1.82. The third kappa shape index (κ3) is 5.20. The van der Waals surface area contributed by atoms with Gasteiger partial charge in [-0.3, -0.25) is 0 Å². The summed E-state index contributed by atoms with van der Waals surface area (Å²) in [6.45, 7) is 6.22. The molecule has 144 valence electrons. The second-order valence-corrected chi connectivity index (χ2v) is 6.92. The van der Waals surface area contributed by atoms with Gasteiger partial charge >= 0.3 is 0 Å². The number of nitrogens with one attached hydrogen (secondary N) is 3. The minimum Gasteiger partial charge on any atom is -0.375 e. The van der Waals surface area contributed by atoms with Crippen LogP contribution in [0.2, 0.25) is 0 Å². The van der Waals surface area contributed by atoms with Crippen LogP contribution in [-0.2, 0) is 6.54 Å². The highest BCUT2D eigenvalue weighted by atomic mass is 79.9. The van der Waals surface area contributed by atoms with Crippen molar-refractivity contribution in [1.82, 2.24) is 20.4 Å². The van der Waals surface area contributed by atoms with E-state index in [0.29, 0.717) is 24.1 Å². The normalized spacial score (nSPS) is 11.2. The van der Waals surface area contributed by atoms with Crippen LogP contribution < -0.4 is 16.0 Å². The molecule has 0 aliphatic carbocycles. The highest BCUT2D eigenvalue weighted by Crippen LogP contribution is 2.22. The van der Waals surface area contributed by atoms with Crippen LogP contribution in [0.25, 0.3) is 11.3 Å². The first-order valence-electron chi connectivity index (χ1n) is 8.64. The SMILES string of the molecule is C=C(C)/C=C(\NC)Nc1nc(NCc2cc(-c3ccccc3)no2)ncc1Br. The van der Waals surface area contributed by atoms with E-state index in [1.165, 1.54) is 0 Å². The molecule has 0 saturated carbocycles. The van der Waals surface area contributed by atoms with E-state index in [-0.39, 0.29) is 0 Å². The number of allylic oxidation sites excluding steroid dienone is 2. The number of halogens is 1. The summed E-state index contributed by atoms with van der Waals surface area (Å²) in [4.78, 5) is 8.78. The first-order valence-corrected chi connectivity index (χ1v) is 9.44. The van der Waals surface area contributed by atoms with Gasteiger partial charge in [-0.25, -0.2) is 4.98 Å². The fourth-order valence-electron chi connectivity index (χ4n) is 2.39. The third-order valence-corrected chi connectivity index (χ3v) is 4.29. The van der Waals surface area contributed by atoms with Gasteiger partial charge < -0.3 is 20.5 Å². The lowest BCUT2D eigenvalue weighted by atomic mass is 10.1. The van der Waals surface area contributed by atoms with E-state index < -0.39 is 0 Å². The summed E-state index contributed by atoms with van der Waals surface area (Å²) in [6, 6.07) is 11.8. The summed E-state index contributed by atoms with van der Waals surface area (Å²) in [5.41, 5.74) is 2.72. The Kier molecular flexibility index (Phi) is 6.44. The van der Waals surface area contributed by atoms with Crippen LogP contribution in [-0.4, -0.2) is 22.2 Å². The number of benzene rings is 1. The number of hydrogen-bond acceptors (Lipinski definition) is 7. The lowest BCUT2D eigenvalue weighted by molar-refractivity contribution is 0.390. The predicted octanol–water partition coefficient (Wildman–Crippen LogP) is 4.56. The van der Waals surface area contributed by atoms with Crippen molar-refractivity contribution in [2.75, 3.05) is 17.7 Å². The van der Waals surface area contributed by atoms with Gasteiger partial charge in [0.15, 0.2) is 11.6 Å². The van der Waals surface area contributed by atoms with Gasteiger partial charge in [-0.15, -0.1) is 0 Å². The van der Waals surface area contributed by atoms with E-state index in [1.807, 2.05) is 56.4 Å². The highest BCUT2D eigenvalue weighted by molar-refractivity contribution is 9.10. The summed E-state index contributed by atoms with van der Waals surface area (Å²) in [5.74, 6) is 2.56. The van der Waals surface area contributed by atoms with Crippen molar-refractivity contribution >= 4 is 27.7 Å². The molecule has 0 aliphatic rings. The molecule has 0 saturated heterocycles. The van der Waals surface area contributed by atoms with Crippen molar-refractivity contribution < 1.29 is 4.52 Å². The van der Waals surface area contributed by atoms with Gasteiger partial charge in [0.05, 0.1) is 11.0 Å². The molecule has 3 rings (SSSR count). The Morgan fingerprint density at radius 2 is 2.07 bits per heavy atom. The number of aromatic nitrogens is 3. The van der Waals surface area contributed by atoms with Crippen LogP contribution in [0.3, 0.4) is 0 Å². The number of nitrogens with zero attached hydrogens (tertiary/aromatic N) is 3. The van der Waals surface area contributed by atoms with E-state index in [4.69, 9.17) is 4.52 Å². The minimum atomic E-state index is 0.418. The summed E-state index contributed by atoms with van der Waals surface area (Å²) >= 11 is 3.46. The summed E-state index contributed by atoms with van der Waals surface area (Å²) in [6.07, 6.45) is 3.57. The largest absolute Gasteiger partial charge is 0.375 e. The number of anilines is 2. The van der Waals surface area contributed by atoms with Crippen molar-refractivity contribution in [3.63, 3.8) is 0 Å². The third-order valence-electron chi connectivity index (χ3n) is 3.71. The van der Waals surface area contributed by atoms with Gasteiger partial charge in [0.2, 0.25) is 5.95 Å². The molecule has 2 heterocycles. The van der Waals surface area contributed by atoms with Crippen LogP contribution in [0.4, 0.5) is 11.8 Å². The monoisotopic (exact) mass is 440 g/mol. The van der Waals surface area contributed by atoms with Crippen LogP contribution in [0, 0.1) is 0 Å². The Morgan fingerprint density at radius 1 is 1.29 bits per heavy atom. The molecule has 1 aromatic carbocycles. The van der Waals surface area contributed by atoms with Crippen molar-refractivity contribution in [1.29, 1.82) is 0 Å². The smallest absolute Gasteiger partial charge is 0.225 e. The van der Waals surface area contributed by atoms with Crippen molar-refractivity contribution in [2.45, 2.75) is 13.5 Å². The van der Waals surface area contributed by atoms with E-state index in [0.717, 1.165) is 27.1 Å². The topological polar surface area (TPSA) is 87.9 Å². The average Bonchev–Trinajstić information content (AvgIpc) is 3.17. The Hall–Kier alpha value is -3.13. The van der Waals surface area contributed by atoms with Gasteiger partial charge in [-0.05, 0) is 28.9 Å². The second kappa shape index (κ2) is 9.18. The molecule has 8 heteroatoms. The summed E-state index contributed by atoms with van der Waals surface area (Å²) in [5, 5.41) is 13.5. The van der Waals surface area contributed by atoms with Crippen LogP contribution in [0.15, 0.2) is 75.6 Å². The Labute approximate surface area is 172 Å². The highest BCUT2D eigenvalue weighted by Gasteiger charge is 2.09. The molecule has 0 bridgehead atoms. The first kappa shape index (κ1) is 19.6. The average molecular weight is 441 g/mol. The quantitative estimate of drug-likeness (QED) is 0.442. The zero-order valence-electron chi connectivity index (χ0n) is 15.7. The molecule has 3 aromatic rings. The van der Waals surface area contributed by atoms with Crippen molar-refractivity contribution in [3.8, 4) is 11.3 Å². The molecule has 0 spiro atoms. The summed E-state index contributed by atoms with van der Waals surface area (Å²) < 4.78 is 6.14. The lowest BCUT2D eigenvalue weighted by Gasteiger charge is -2.12. The number of hydrogen-bond donors (Lipinski definition) is 3. The molecule has 0 aliphatic heterocycles. The predicted molar refractivity (Wildman–Crippen MR) is 115 cm³/mol. The lowest BCUT2D eigenvalue weighted by Crippen LogP contribution is -2.16. The van der Waals surface area contributed by atoms with Gasteiger partial charge in [-0.1, -0.05) is 47.6 Å². The first-order chi connectivity index (χ1) is 13.5. The fraction of sp³-hybridized carbons (Fsp3) is 0.150. The van der Waals surface area contributed by atoms with Gasteiger partial charge in [0.25, 0.3) is 0 Å². The molecule has 0 atom stereocenters. The molecule has 0 amide bonds. The zero-order chi connectivity index (χ0) is 19.9. The van der Waals surface area contributed by atoms with Crippen LogP contribution in [0.1, 0.15) is 12.7 Å². The standard InChI is InChI=1S/C20H21BrN6O/c1-13(2)9-18(22-3)25-19-16(21)12-24-20(26-19)23-11-15-10-17(27-28-15)14-7-5-4-6-8-14/h4-10,12,22H,1,11H2,2-3H3,(H2,23,24,25,26)/b18-9+. The minimum absolute atomic E-state index is 0.418. The molecule has 28 heavy (non-hydrogen) atoms. The molecule has 0 unspecified atom stereocenters. The molecular formula is C20H21BrN6O. The maximum Gasteiger partial charge on any atom is 0.225 e. The molecule has 3 N–H and O–H groups in total. The van der Waals surface area contributed by atoms with Crippen LogP contribution >= 0.6 is 15.9 Å². The Bertz CT molecular complexity index is 983. The van der Waals surface area contributed by atoms with Crippen molar-refractivity contribution in [3.05, 3.63) is 76.9 Å². The zero-order valence-corrected chi connectivity index (χ0v) is 17.2.